The van der Waals surface area contributed by atoms with Crippen molar-refractivity contribution in [1.82, 2.24) is 0 Å². The first kappa shape index (κ1) is 12.7. The fourth-order valence-corrected chi connectivity index (χ4v) is 3.15. The molecule has 0 spiro atoms. The average molecular weight is 308 g/mol. The molecule has 0 heterocycles. The zero-order chi connectivity index (χ0) is 12.3. The van der Waals surface area contributed by atoms with Gasteiger partial charge in [-0.15, -0.1) is 0 Å². The van der Waals surface area contributed by atoms with Crippen LogP contribution in [0.25, 0.3) is 0 Å². The van der Waals surface area contributed by atoms with Crippen LogP contribution in [0.1, 0.15) is 11.1 Å². The predicted molar refractivity (Wildman–Crippen MR) is 77.3 cm³/mol. The van der Waals surface area contributed by atoms with Crippen molar-refractivity contribution in [2.75, 3.05) is 0 Å². The zero-order valence-corrected chi connectivity index (χ0v) is 12.0. The molecule has 0 saturated heterocycles. The Balaban J connectivity index is 2.22. The summed E-state index contributed by atoms with van der Waals surface area (Å²) in [6.45, 7) is 2.71. The van der Waals surface area contributed by atoms with Crippen molar-refractivity contribution < 1.29 is 0 Å². The molecule has 0 amide bonds. The van der Waals surface area contributed by atoms with Crippen LogP contribution in [0.2, 0.25) is 0 Å². The van der Waals surface area contributed by atoms with Crippen molar-refractivity contribution in [2.24, 2.45) is 5.73 Å². The number of rotatable bonds is 3. The standard InChI is InChI=1S/C14H14BrNS/c1-10-7-14(6-5-11(10)9-16)17-13-4-2-3-12(15)8-13/h2-8H,9,16H2,1H3. The van der Waals surface area contributed by atoms with E-state index in [-0.39, 0.29) is 0 Å². The molecular weight excluding hydrogens is 294 g/mol. The third-order valence-electron chi connectivity index (χ3n) is 2.57. The van der Waals surface area contributed by atoms with Gasteiger partial charge in [0.25, 0.3) is 0 Å². The van der Waals surface area contributed by atoms with Crippen LogP contribution in [0, 0.1) is 6.92 Å². The van der Waals surface area contributed by atoms with Gasteiger partial charge < -0.3 is 5.73 Å². The third kappa shape index (κ3) is 3.35. The van der Waals surface area contributed by atoms with Gasteiger partial charge in [0.05, 0.1) is 0 Å². The molecule has 0 bridgehead atoms. The van der Waals surface area contributed by atoms with Crippen molar-refractivity contribution in [3.05, 3.63) is 58.1 Å². The molecule has 2 rings (SSSR count). The Labute approximate surface area is 115 Å². The minimum atomic E-state index is 0.605. The van der Waals surface area contributed by atoms with Crippen LogP contribution in [0.4, 0.5) is 0 Å². The molecule has 0 saturated carbocycles. The van der Waals surface area contributed by atoms with Gasteiger partial charge in [-0.05, 0) is 48.4 Å². The fraction of sp³-hybridized carbons (Fsp3) is 0.143. The van der Waals surface area contributed by atoms with Crippen molar-refractivity contribution in [3.8, 4) is 0 Å². The lowest BCUT2D eigenvalue weighted by Gasteiger charge is -2.06. The van der Waals surface area contributed by atoms with E-state index in [2.05, 4.69) is 53.2 Å². The second-order valence-corrected chi connectivity index (χ2v) is 5.91. The summed E-state index contributed by atoms with van der Waals surface area (Å²) in [5.74, 6) is 0. The van der Waals surface area contributed by atoms with E-state index in [1.54, 1.807) is 11.8 Å². The van der Waals surface area contributed by atoms with E-state index in [4.69, 9.17) is 5.73 Å². The number of aryl methyl sites for hydroxylation is 1. The second-order valence-electron chi connectivity index (χ2n) is 3.85. The molecule has 0 aliphatic rings. The van der Waals surface area contributed by atoms with E-state index in [0.29, 0.717) is 6.54 Å². The maximum absolute atomic E-state index is 5.66. The van der Waals surface area contributed by atoms with E-state index in [1.165, 1.54) is 20.9 Å². The summed E-state index contributed by atoms with van der Waals surface area (Å²) in [4.78, 5) is 2.48. The highest BCUT2D eigenvalue weighted by Gasteiger charge is 2.01. The molecule has 0 aliphatic carbocycles. The summed E-state index contributed by atoms with van der Waals surface area (Å²) in [5.41, 5.74) is 8.13. The number of halogens is 1. The summed E-state index contributed by atoms with van der Waals surface area (Å²) < 4.78 is 1.11. The van der Waals surface area contributed by atoms with E-state index >= 15 is 0 Å². The van der Waals surface area contributed by atoms with E-state index in [0.717, 1.165) is 4.47 Å². The molecule has 2 N–H and O–H groups in total. The van der Waals surface area contributed by atoms with Crippen LogP contribution in [0.3, 0.4) is 0 Å². The molecule has 0 atom stereocenters. The number of nitrogens with two attached hydrogens (primary N) is 1. The molecule has 2 aromatic rings. The van der Waals surface area contributed by atoms with Gasteiger partial charge in [0.2, 0.25) is 0 Å². The summed E-state index contributed by atoms with van der Waals surface area (Å²) in [6.07, 6.45) is 0. The van der Waals surface area contributed by atoms with Gasteiger partial charge in [0.15, 0.2) is 0 Å². The topological polar surface area (TPSA) is 26.0 Å². The van der Waals surface area contributed by atoms with Crippen molar-refractivity contribution in [3.63, 3.8) is 0 Å². The normalized spacial score (nSPS) is 10.5. The highest BCUT2D eigenvalue weighted by molar-refractivity contribution is 9.10. The van der Waals surface area contributed by atoms with Gasteiger partial charge in [-0.3, -0.25) is 0 Å². The molecule has 0 aromatic heterocycles. The predicted octanol–water partition coefficient (Wildman–Crippen LogP) is 4.37. The van der Waals surface area contributed by atoms with E-state index in [1.807, 2.05) is 12.1 Å². The first-order chi connectivity index (χ1) is 8.19. The Morgan fingerprint density at radius 3 is 2.53 bits per heavy atom. The van der Waals surface area contributed by atoms with Crippen LogP contribution in [0.5, 0.6) is 0 Å². The van der Waals surface area contributed by atoms with Crippen LogP contribution in [0.15, 0.2) is 56.7 Å². The lowest BCUT2D eigenvalue weighted by molar-refractivity contribution is 1.04. The van der Waals surface area contributed by atoms with E-state index in [9.17, 15) is 0 Å². The SMILES string of the molecule is Cc1cc(Sc2cccc(Br)c2)ccc1CN. The highest BCUT2D eigenvalue weighted by Crippen LogP contribution is 2.30. The van der Waals surface area contributed by atoms with Gasteiger partial charge in [-0.25, -0.2) is 0 Å². The quantitative estimate of drug-likeness (QED) is 0.911. The smallest absolute Gasteiger partial charge is 0.0186 e. The summed E-state index contributed by atoms with van der Waals surface area (Å²) >= 11 is 5.25. The van der Waals surface area contributed by atoms with Crippen molar-refractivity contribution >= 4 is 27.7 Å². The van der Waals surface area contributed by atoms with Gasteiger partial charge in [-0.2, -0.15) is 0 Å². The molecule has 0 radical (unpaired) electrons. The summed E-state index contributed by atoms with van der Waals surface area (Å²) in [7, 11) is 0. The Morgan fingerprint density at radius 1 is 1.12 bits per heavy atom. The van der Waals surface area contributed by atoms with Crippen molar-refractivity contribution in [2.45, 2.75) is 23.3 Å². The Hall–Kier alpha value is -0.770. The lowest BCUT2D eigenvalue weighted by atomic mass is 10.1. The lowest BCUT2D eigenvalue weighted by Crippen LogP contribution is -1.98. The second kappa shape index (κ2) is 5.71. The minimum absolute atomic E-state index is 0.605. The zero-order valence-electron chi connectivity index (χ0n) is 9.61. The largest absolute Gasteiger partial charge is 0.326 e. The van der Waals surface area contributed by atoms with E-state index < -0.39 is 0 Å². The van der Waals surface area contributed by atoms with Gasteiger partial charge in [-0.1, -0.05) is 39.8 Å². The molecule has 1 nitrogen and oxygen atoms in total. The molecule has 0 aliphatic heterocycles. The Kier molecular flexibility index (Phi) is 4.26. The highest BCUT2D eigenvalue weighted by atomic mass is 79.9. The monoisotopic (exact) mass is 307 g/mol. The van der Waals surface area contributed by atoms with Crippen LogP contribution >= 0.6 is 27.7 Å². The summed E-state index contributed by atoms with van der Waals surface area (Å²) in [5, 5.41) is 0. The molecule has 88 valence electrons. The Morgan fingerprint density at radius 2 is 1.88 bits per heavy atom. The van der Waals surface area contributed by atoms with Crippen LogP contribution < -0.4 is 5.73 Å². The number of hydrogen-bond donors (Lipinski definition) is 1. The summed E-state index contributed by atoms with van der Waals surface area (Å²) in [6, 6.07) is 14.7. The van der Waals surface area contributed by atoms with Crippen LogP contribution in [-0.2, 0) is 6.54 Å². The molecule has 0 fully saturated rings. The minimum Gasteiger partial charge on any atom is -0.326 e. The maximum atomic E-state index is 5.66. The molecule has 0 unspecified atom stereocenters. The first-order valence-electron chi connectivity index (χ1n) is 5.42. The van der Waals surface area contributed by atoms with Gasteiger partial charge in [0, 0.05) is 20.8 Å². The van der Waals surface area contributed by atoms with Gasteiger partial charge in [0.1, 0.15) is 0 Å². The third-order valence-corrected chi connectivity index (χ3v) is 4.04. The van der Waals surface area contributed by atoms with Gasteiger partial charge >= 0.3 is 0 Å². The first-order valence-corrected chi connectivity index (χ1v) is 7.03. The number of benzene rings is 2. The molecular formula is C14H14BrNS. The van der Waals surface area contributed by atoms with Crippen molar-refractivity contribution in [1.29, 1.82) is 0 Å². The molecule has 17 heavy (non-hydrogen) atoms. The Bertz CT molecular complexity index is 525. The number of hydrogen-bond acceptors (Lipinski definition) is 2. The van der Waals surface area contributed by atoms with Crippen LogP contribution in [-0.4, -0.2) is 0 Å². The molecule has 3 heteroatoms. The average Bonchev–Trinajstić information content (AvgIpc) is 2.29. The molecule has 2 aromatic carbocycles. The maximum Gasteiger partial charge on any atom is 0.0186 e. The fourth-order valence-electron chi connectivity index (χ4n) is 1.63.